The van der Waals surface area contributed by atoms with Crippen LogP contribution in [-0.2, 0) is 11.2 Å². The molecule has 1 N–H and O–H groups in total. The fourth-order valence-electron chi connectivity index (χ4n) is 4.97. The molecule has 0 aliphatic carbocycles. The SMILES string of the molecule is C=CCCN1C(C)CC(c2ccccc2CCC)=C(C)C1c1c(F)cc(/C=C/C(=O)O)cc1F. The number of halogens is 2. The fourth-order valence-corrected chi connectivity index (χ4v) is 4.97. The topological polar surface area (TPSA) is 40.5 Å². The van der Waals surface area contributed by atoms with Gasteiger partial charge < -0.3 is 5.11 Å². The number of nitrogens with zero attached hydrogens (tertiary/aromatic N) is 1. The van der Waals surface area contributed by atoms with Gasteiger partial charge in [-0.05, 0) is 79.2 Å². The van der Waals surface area contributed by atoms with Crippen LogP contribution in [0.1, 0.15) is 68.3 Å². The minimum absolute atomic E-state index is 0.00561. The quantitative estimate of drug-likeness (QED) is 0.314. The van der Waals surface area contributed by atoms with Gasteiger partial charge in [-0.2, -0.15) is 0 Å². The highest BCUT2D eigenvalue weighted by Gasteiger charge is 2.36. The highest BCUT2D eigenvalue weighted by Crippen LogP contribution is 2.44. The van der Waals surface area contributed by atoms with E-state index in [1.165, 1.54) is 23.8 Å². The Bertz CT molecular complexity index is 1100. The predicted octanol–water partition coefficient (Wildman–Crippen LogP) is 7.20. The zero-order valence-corrected chi connectivity index (χ0v) is 20.2. The van der Waals surface area contributed by atoms with Crippen LogP contribution in [0, 0.1) is 11.6 Å². The van der Waals surface area contributed by atoms with Crippen LogP contribution in [0.2, 0.25) is 0 Å². The summed E-state index contributed by atoms with van der Waals surface area (Å²) in [6.45, 7) is 10.7. The Morgan fingerprint density at radius 3 is 2.53 bits per heavy atom. The molecule has 0 saturated carbocycles. The van der Waals surface area contributed by atoms with Gasteiger partial charge in [-0.1, -0.05) is 43.7 Å². The summed E-state index contributed by atoms with van der Waals surface area (Å²) in [5.41, 5.74) is 4.68. The van der Waals surface area contributed by atoms with Gasteiger partial charge in [0.05, 0.1) is 6.04 Å². The van der Waals surface area contributed by atoms with E-state index in [-0.39, 0.29) is 17.2 Å². The van der Waals surface area contributed by atoms with E-state index in [9.17, 15) is 4.79 Å². The maximum atomic E-state index is 15.5. The minimum atomic E-state index is -1.17. The number of carboxylic acids is 1. The lowest BCUT2D eigenvalue weighted by Gasteiger charge is -2.43. The Hall–Kier alpha value is -3.05. The standard InChI is InChI=1S/C29H33F2NO2/c1-5-7-15-32-19(3)16-24(23-12-9-8-11-22(23)10-6-2)20(4)29(32)28-25(30)17-21(18-26(28)31)13-14-27(33)34/h5,8-9,11-14,17-19,29H,1,6-7,10,15-16H2,2-4H3,(H,33,34)/b14-13+. The highest BCUT2D eigenvalue weighted by atomic mass is 19.1. The molecule has 0 bridgehead atoms. The van der Waals surface area contributed by atoms with Crippen LogP contribution < -0.4 is 0 Å². The second kappa shape index (κ2) is 11.4. The lowest BCUT2D eigenvalue weighted by Crippen LogP contribution is -2.42. The van der Waals surface area contributed by atoms with Crippen molar-refractivity contribution in [2.24, 2.45) is 0 Å². The molecule has 1 aliphatic heterocycles. The summed E-state index contributed by atoms with van der Waals surface area (Å²) >= 11 is 0. The largest absolute Gasteiger partial charge is 0.478 e. The van der Waals surface area contributed by atoms with Crippen LogP contribution in [0.4, 0.5) is 8.78 Å². The first-order valence-electron chi connectivity index (χ1n) is 11.8. The van der Waals surface area contributed by atoms with Crippen molar-refractivity contribution in [3.05, 3.63) is 94.6 Å². The van der Waals surface area contributed by atoms with Crippen LogP contribution in [0.25, 0.3) is 11.6 Å². The smallest absolute Gasteiger partial charge is 0.328 e. The number of carboxylic acid groups (broad SMARTS) is 1. The van der Waals surface area contributed by atoms with Crippen molar-refractivity contribution in [2.45, 2.75) is 58.5 Å². The van der Waals surface area contributed by atoms with Crippen molar-refractivity contribution in [1.82, 2.24) is 4.90 Å². The molecule has 0 fully saturated rings. The molecule has 5 heteroatoms. The van der Waals surface area contributed by atoms with Crippen LogP contribution in [0.3, 0.4) is 0 Å². The van der Waals surface area contributed by atoms with Gasteiger partial charge in [0.25, 0.3) is 0 Å². The molecule has 0 spiro atoms. The molecule has 3 rings (SSSR count). The van der Waals surface area contributed by atoms with Gasteiger partial charge in [-0.3, -0.25) is 4.90 Å². The molecule has 0 radical (unpaired) electrons. The summed E-state index contributed by atoms with van der Waals surface area (Å²) in [5, 5.41) is 8.86. The molecule has 2 aromatic carbocycles. The van der Waals surface area contributed by atoms with Gasteiger partial charge in [0.15, 0.2) is 0 Å². The van der Waals surface area contributed by atoms with E-state index >= 15 is 8.78 Å². The Kier molecular flexibility index (Phi) is 8.56. The van der Waals surface area contributed by atoms with Crippen LogP contribution >= 0.6 is 0 Å². The summed E-state index contributed by atoms with van der Waals surface area (Å²) < 4.78 is 30.9. The van der Waals surface area contributed by atoms with Crippen molar-refractivity contribution in [1.29, 1.82) is 0 Å². The molecule has 0 amide bonds. The first-order valence-corrected chi connectivity index (χ1v) is 11.8. The molecule has 0 saturated heterocycles. The average molecular weight is 466 g/mol. The van der Waals surface area contributed by atoms with E-state index in [1.54, 1.807) is 0 Å². The van der Waals surface area contributed by atoms with Crippen molar-refractivity contribution >= 4 is 17.6 Å². The molecule has 3 nitrogen and oxygen atoms in total. The van der Waals surface area contributed by atoms with E-state index < -0.39 is 23.6 Å². The fraction of sp³-hybridized carbons (Fsp3) is 0.345. The number of aryl methyl sites for hydroxylation is 1. The average Bonchev–Trinajstić information content (AvgIpc) is 2.79. The van der Waals surface area contributed by atoms with Crippen LogP contribution in [-0.4, -0.2) is 28.6 Å². The maximum absolute atomic E-state index is 15.5. The Balaban J connectivity index is 2.19. The van der Waals surface area contributed by atoms with Gasteiger partial charge in [0, 0.05) is 24.2 Å². The molecule has 2 unspecified atom stereocenters. The molecule has 180 valence electrons. The van der Waals surface area contributed by atoms with Gasteiger partial charge >= 0.3 is 5.97 Å². The van der Waals surface area contributed by atoms with Crippen molar-refractivity contribution < 1.29 is 18.7 Å². The second-order valence-electron chi connectivity index (χ2n) is 8.91. The lowest BCUT2D eigenvalue weighted by molar-refractivity contribution is -0.131. The minimum Gasteiger partial charge on any atom is -0.478 e. The Morgan fingerprint density at radius 1 is 1.24 bits per heavy atom. The van der Waals surface area contributed by atoms with Crippen molar-refractivity contribution in [3.63, 3.8) is 0 Å². The molecule has 1 aliphatic rings. The third kappa shape index (κ3) is 5.53. The van der Waals surface area contributed by atoms with Gasteiger partial charge in [0.1, 0.15) is 11.6 Å². The maximum Gasteiger partial charge on any atom is 0.328 e. The first kappa shape index (κ1) is 25.6. The summed E-state index contributed by atoms with van der Waals surface area (Å²) in [4.78, 5) is 13.0. The van der Waals surface area contributed by atoms with E-state index in [2.05, 4.69) is 37.5 Å². The third-order valence-electron chi connectivity index (χ3n) is 6.53. The number of aliphatic carboxylic acids is 1. The summed E-state index contributed by atoms with van der Waals surface area (Å²) in [7, 11) is 0. The number of hydrogen-bond acceptors (Lipinski definition) is 2. The molecule has 2 aromatic rings. The monoisotopic (exact) mass is 465 g/mol. The van der Waals surface area contributed by atoms with E-state index in [1.807, 2.05) is 25.1 Å². The van der Waals surface area contributed by atoms with Gasteiger partial charge in [0.2, 0.25) is 0 Å². The summed E-state index contributed by atoms with van der Waals surface area (Å²) in [6.07, 6.45) is 7.36. The van der Waals surface area contributed by atoms with E-state index in [4.69, 9.17) is 5.11 Å². The highest BCUT2D eigenvalue weighted by molar-refractivity contribution is 5.85. The third-order valence-corrected chi connectivity index (χ3v) is 6.53. The normalized spacial score (nSPS) is 19.1. The van der Waals surface area contributed by atoms with Gasteiger partial charge in [-0.25, -0.2) is 13.6 Å². The molecule has 1 heterocycles. The molecule has 0 aromatic heterocycles. The van der Waals surface area contributed by atoms with Gasteiger partial charge in [-0.15, -0.1) is 6.58 Å². The number of hydrogen-bond donors (Lipinski definition) is 1. The van der Waals surface area contributed by atoms with Crippen molar-refractivity contribution in [3.8, 4) is 0 Å². The van der Waals surface area contributed by atoms with Crippen molar-refractivity contribution in [2.75, 3.05) is 6.54 Å². The summed E-state index contributed by atoms with van der Waals surface area (Å²) in [5.74, 6) is -2.52. The number of benzene rings is 2. The van der Waals surface area contributed by atoms with Crippen LogP contribution in [0.15, 0.2) is 60.7 Å². The zero-order chi connectivity index (χ0) is 24.8. The molecular weight excluding hydrogens is 432 g/mol. The summed E-state index contributed by atoms with van der Waals surface area (Å²) in [6, 6.07) is 10.2. The second-order valence-corrected chi connectivity index (χ2v) is 8.91. The lowest BCUT2D eigenvalue weighted by atomic mass is 9.80. The molecular formula is C29H33F2NO2. The van der Waals surface area contributed by atoms with E-state index in [0.29, 0.717) is 13.0 Å². The molecule has 34 heavy (non-hydrogen) atoms. The zero-order valence-electron chi connectivity index (χ0n) is 20.2. The Morgan fingerprint density at radius 2 is 1.91 bits per heavy atom. The van der Waals surface area contributed by atoms with Crippen LogP contribution in [0.5, 0.6) is 0 Å². The number of rotatable bonds is 9. The predicted molar refractivity (Wildman–Crippen MR) is 134 cm³/mol. The first-order chi connectivity index (χ1) is 16.3. The number of carbonyl (C=O) groups is 1. The molecule has 2 atom stereocenters. The van der Waals surface area contributed by atoms with E-state index in [0.717, 1.165) is 42.0 Å². The Labute approximate surface area is 201 Å².